The number of H-pyrrole nitrogens is 1. The number of carbonyl (C=O) groups is 1. The van der Waals surface area contributed by atoms with E-state index in [0.29, 0.717) is 22.5 Å². The molecular weight excluding hydrogens is 322 g/mol. The Morgan fingerprint density at radius 3 is 2.44 bits per heavy atom. The summed E-state index contributed by atoms with van der Waals surface area (Å²) in [7, 11) is 0. The van der Waals surface area contributed by atoms with Gasteiger partial charge in [0.1, 0.15) is 23.2 Å². The van der Waals surface area contributed by atoms with Crippen LogP contribution < -0.4 is 5.73 Å². The fraction of sp³-hybridized carbons (Fsp3) is 0.0588. The molecular formula is C17H15N5O3. The Balaban J connectivity index is 0.000000701. The third-order valence-corrected chi connectivity index (χ3v) is 3.49. The molecule has 8 nitrogen and oxygen atoms in total. The lowest BCUT2D eigenvalue weighted by Crippen LogP contribution is -2.03. The Bertz CT molecular complexity index is 913. The van der Waals surface area contributed by atoms with E-state index in [4.69, 9.17) is 15.6 Å². The second-order valence-corrected chi connectivity index (χ2v) is 4.96. The van der Waals surface area contributed by atoms with Crippen LogP contribution in [-0.2, 0) is 4.79 Å². The van der Waals surface area contributed by atoms with E-state index in [1.165, 1.54) is 0 Å². The highest BCUT2D eigenvalue weighted by atomic mass is 16.3. The van der Waals surface area contributed by atoms with Gasteiger partial charge in [-0.25, -0.2) is 4.98 Å². The van der Waals surface area contributed by atoms with Crippen LogP contribution in [0.1, 0.15) is 11.1 Å². The topological polar surface area (TPSA) is 149 Å². The van der Waals surface area contributed by atoms with E-state index in [9.17, 15) is 10.4 Å². The fourth-order valence-electron chi connectivity index (χ4n) is 2.44. The molecule has 8 heteroatoms. The summed E-state index contributed by atoms with van der Waals surface area (Å²) < 4.78 is 0. The van der Waals surface area contributed by atoms with Crippen molar-refractivity contribution in [2.45, 2.75) is 6.92 Å². The van der Waals surface area contributed by atoms with Crippen LogP contribution >= 0.6 is 0 Å². The molecule has 0 aliphatic carbocycles. The molecule has 0 radical (unpaired) electrons. The van der Waals surface area contributed by atoms with Gasteiger partial charge in [0, 0.05) is 17.3 Å². The van der Waals surface area contributed by atoms with Crippen LogP contribution in [0.3, 0.4) is 0 Å². The number of nitrogens with zero attached hydrogens (tertiary/aromatic N) is 3. The lowest BCUT2D eigenvalue weighted by Gasteiger charge is -2.13. The molecule has 2 aromatic heterocycles. The fourth-order valence-corrected chi connectivity index (χ4v) is 2.44. The number of aromatic hydroxyl groups is 1. The minimum atomic E-state index is -0.250. The van der Waals surface area contributed by atoms with Gasteiger partial charge in [0.15, 0.2) is 0 Å². The highest BCUT2D eigenvalue weighted by Crippen LogP contribution is 2.35. The number of carboxylic acid groups (broad SMARTS) is 1. The lowest BCUT2D eigenvalue weighted by atomic mass is 9.96. The van der Waals surface area contributed by atoms with E-state index < -0.39 is 0 Å². The molecule has 0 bridgehead atoms. The average molecular weight is 337 g/mol. The smallest absolute Gasteiger partial charge is 0.290 e. The minimum absolute atomic E-state index is 0.167. The number of aromatic amines is 1. The Morgan fingerprint density at radius 1 is 1.28 bits per heavy atom. The molecule has 0 aliphatic rings. The predicted octanol–water partition coefficient (Wildman–Crippen LogP) is 2.31. The van der Waals surface area contributed by atoms with E-state index >= 15 is 0 Å². The number of nitrogens with two attached hydrogens (primary N) is 1. The zero-order chi connectivity index (χ0) is 18.4. The Hall–Kier alpha value is -3.86. The lowest BCUT2D eigenvalue weighted by molar-refractivity contribution is -0.122. The van der Waals surface area contributed by atoms with Gasteiger partial charge < -0.3 is 15.9 Å². The zero-order valence-corrected chi connectivity index (χ0v) is 13.3. The van der Waals surface area contributed by atoms with Crippen molar-refractivity contribution in [2.24, 2.45) is 0 Å². The summed E-state index contributed by atoms with van der Waals surface area (Å²) >= 11 is 0. The van der Waals surface area contributed by atoms with Crippen molar-refractivity contribution < 1.29 is 15.0 Å². The minimum Gasteiger partial charge on any atom is -0.508 e. The standard InChI is InChI=1S/C16H13N5O.CH2O2/c1-9-14(13-6-7-19-21-13)12(8-17)16(18)20-15(9)10-2-4-11(22)5-3-10;2-1-3/h2-7,22H,1H3,(H2,18,20)(H,19,21);1H,(H,2,3). The van der Waals surface area contributed by atoms with Crippen LogP contribution in [-0.4, -0.2) is 31.9 Å². The number of nitrogen functional groups attached to an aromatic ring is 1. The first kappa shape index (κ1) is 17.5. The number of hydrogen-bond donors (Lipinski definition) is 4. The largest absolute Gasteiger partial charge is 0.508 e. The Kier molecular flexibility index (Phi) is 5.32. The van der Waals surface area contributed by atoms with Gasteiger partial charge in [-0.3, -0.25) is 9.89 Å². The summed E-state index contributed by atoms with van der Waals surface area (Å²) in [6.45, 7) is 1.63. The molecule has 0 unspecified atom stereocenters. The molecule has 2 heterocycles. The quantitative estimate of drug-likeness (QED) is 0.524. The number of phenolic OH excluding ortho intramolecular Hbond substituents is 1. The van der Waals surface area contributed by atoms with Crippen molar-refractivity contribution in [3.8, 4) is 34.3 Å². The van der Waals surface area contributed by atoms with Crippen LogP contribution in [0.25, 0.3) is 22.5 Å². The molecule has 0 atom stereocenters. The van der Waals surface area contributed by atoms with Crippen molar-refractivity contribution >= 4 is 12.3 Å². The zero-order valence-electron chi connectivity index (χ0n) is 13.3. The number of benzene rings is 1. The van der Waals surface area contributed by atoms with Gasteiger partial charge >= 0.3 is 0 Å². The number of hydrogen-bond acceptors (Lipinski definition) is 6. The summed E-state index contributed by atoms with van der Waals surface area (Å²) in [5, 5.41) is 32.5. The summed E-state index contributed by atoms with van der Waals surface area (Å²) in [5.74, 6) is 0.345. The monoisotopic (exact) mass is 337 g/mol. The normalized spacial score (nSPS) is 9.60. The first-order chi connectivity index (χ1) is 12.0. The molecule has 0 spiro atoms. The molecule has 0 fully saturated rings. The molecule has 3 rings (SSSR count). The molecule has 3 aromatic rings. The van der Waals surface area contributed by atoms with Gasteiger partial charge in [0.05, 0.1) is 11.4 Å². The molecule has 25 heavy (non-hydrogen) atoms. The number of nitriles is 1. The second kappa shape index (κ2) is 7.61. The number of rotatable bonds is 2. The molecule has 1 aromatic carbocycles. The molecule has 0 saturated carbocycles. The predicted molar refractivity (Wildman–Crippen MR) is 91.5 cm³/mol. The maximum Gasteiger partial charge on any atom is 0.290 e. The number of anilines is 1. The second-order valence-electron chi connectivity index (χ2n) is 4.96. The van der Waals surface area contributed by atoms with Crippen LogP contribution in [0.2, 0.25) is 0 Å². The van der Waals surface area contributed by atoms with Crippen LogP contribution in [0, 0.1) is 18.3 Å². The number of pyridine rings is 1. The number of nitrogens with one attached hydrogen (secondary N) is 1. The van der Waals surface area contributed by atoms with Crippen LogP contribution in [0.15, 0.2) is 36.5 Å². The van der Waals surface area contributed by atoms with Crippen molar-refractivity contribution in [1.82, 2.24) is 15.2 Å². The molecule has 0 amide bonds. The van der Waals surface area contributed by atoms with Gasteiger partial charge in [0.25, 0.3) is 6.47 Å². The van der Waals surface area contributed by atoms with Crippen LogP contribution in [0.4, 0.5) is 5.82 Å². The first-order valence-corrected chi connectivity index (χ1v) is 7.10. The number of aromatic nitrogens is 3. The van der Waals surface area contributed by atoms with Gasteiger partial charge in [0.2, 0.25) is 0 Å². The average Bonchev–Trinajstić information content (AvgIpc) is 3.12. The molecule has 0 aliphatic heterocycles. The highest BCUT2D eigenvalue weighted by Gasteiger charge is 2.18. The maximum atomic E-state index is 9.41. The van der Waals surface area contributed by atoms with Crippen molar-refractivity contribution in [2.75, 3.05) is 5.73 Å². The van der Waals surface area contributed by atoms with E-state index in [0.717, 1.165) is 11.1 Å². The Labute approximate surface area is 143 Å². The van der Waals surface area contributed by atoms with Crippen molar-refractivity contribution in [3.63, 3.8) is 0 Å². The van der Waals surface area contributed by atoms with Gasteiger partial charge in [-0.2, -0.15) is 10.4 Å². The van der Waals surface area contributed by atoms with E-state index in [2.05, 4.69) is 21.3 Å². The highest BCUT2D eigenvalue weighted by molar-refractivity contribution is 5.82. The summed E-state index contributed by atoms with van der Waals surface area (Å²) in [4.78, 5) is 12.7. The van der Waals surface area contributed by atoms with E-state index in [-0.39, 0.29) is 18.0 Å². The summed E-state index contributed by atoms with van der Waals surface area (Å²) in [6.07, 6.45) is 1.62. The van der Waals surface area contributed by atoms with E-state index in [1.54, 1.807) is 36.5 Å². The van der Waals surface area contributed by atoms with Gasteiger partial charge in [-0.1, -0.05) is 0 Å². The molecule has 0 saturated heterocycles. The van der Waals surface area contributed by atoms with Gasteiger partial charge in [-0.15, -0.1) is 0 Å². The summed E-state index contributed by atoms with van der Waals surface area (Å²) in [6, 6.07) is 10.6. The Morgan fingerprint density at radius 2 is 1.92 bits per heavy atom. The third-order valence-electron chi connectivity index (χ3n) is 3.49. The first-order valence-electron chi connectivity index (χ1n) is 7.10. The summed E-state index contributed by atoms with van der Waals surface area (Å²) in [5.41, 5.74) is 9.98. The van der Waals surface area contributed by atoms with Crippen molar-refractivity contribution in [3.05, 3.63) is 47.7 Å². The van der Waals surface area contributed by atoms with E-state index in [1.807, 2.05) is 6.92 Å². The molecule has 126 valence electrons. The van der Waals surface area contributed by atoms with Gasteiger partial charge in [-0.05, 0) is 42.8 Å². The molecule has 5 N–H and O–H groups in total. The van der Waals surface area contributed by atoms with Crippen LogP contribution in [0.5, 0.6) is 5.75 Å². The van der Waals surface area contributed by atoms with Crippen molar-refractivity contribution in [1.29, 1.82) is 5.26 Å². The number of phenols is 1. The third kappa shape index (κ3) is 3.56. The SMILES string of the molecule is Cc1c(-c2ccc(O)cc2)nc(N)c(C#N)c1-c1ccn[nH]1.O=CO. The maximum absolute atomic E-state index is 9.41.